The monoisotopic (exact) mass is 612 g/mol. The van der Waals surface area contributed by atoms with E-state index in [0.717, 1.165) is 37.5 Å². The van der Waals surface area contributed by atoms with Gasteiger partial charge in [0.2, 0.25) is 0 Å². The second-order valence-electron chi connectivity index (χ2n) is 15.7. The molecule has 0 radical (unpaired) electrons. The van der Waals surface area contributed by atoms with Crippen molar-refractivity contribution in [2.75, 3.05) is 0 Å². The normalized spacial score (nSPS) is 15.4. The predicted octanol–water partition coefficient (Wildman–Crippen LogP) is 10.9. The summed E-state index contributed by atoms with van der Waals surface area (Å²) in [5.41, 5.74) is 10.9. The molecule has 0 saturated heterocycles. The Hall–Kier alpha value is -3.16. The molecule has 0 atom stereocenters. The Morgan fingerprint density at radius 1 is 0.457 bits per heavy atom. The van der Waals surface area contributed by atoms with Crippen LogP contribution in [0.25, 0.3) is 0 Å². The molecular weight excluding hydrogens is 556 g/mol. The second kappa shape index (κ2) is 14.3. The van der Waals surface area contributed by atoms with Gasteiger partial charge in [0.25, 0.3) is 0 Å². The van der Waals surface area contributed by atoms with Crippen LogP contribution in [0.5, 0.6) is 0 Å². The first-order valence-corrected chi connectivity index (χ1v) is 18.2. The van der Waals surface area contributed by atoms with Gasteiger partial charge in [0.05, 0.1) is 6.10 Å². The minimum absolute atomic E-state index is 0.0302. The van der Waals surface area contributed by atoms with E-state index in [1.807, 2.05) is 0 Å². The predicted molar refractivity (Wildman–Crippen MR) is 195 cm³/mol. The quantitative estimate of drug-likeness (QED) is 0.133. The van der Waals surface area contributed by atoms with Crippen LogP contribution >= 0.6 is 0 Å². The summed E-state index contributed by atoms with van der Waals surface area (Å²) in [5.74, 6) is 1.97. The average Bonchev–Trinajstić information content (AvgIpc) is 4.01. The first kappa shape index (κ1) is 32.8. The van der Waals surface area contributed by atoms with Crippen molar-refractivity contribution in [2.24, 2.45) is 11.8 Å². The summed E-state index contributed by atoms with van der Waals surface area (Å²) < 4.78 is 0. The average molecular weight is 613 g/mol. The Morgan fingerprint density at radius 3 is 0.978 bits per heavy atom. The van der Waals surface area contributed by atoms with Crippen LogP contribution in [-0.4, -0.2) is 11.2 Å². The molecule has 4 aromatic rings. The molecule has 1 N–H and O–H groups in total. The van der Waals surface area contributed by atoms with Crippen LogP contribution in [0.3, 0.4) is 0 Å². The zero-order chi connectivity index (χ0) is 32.1. The van der Waals surface area contributed by atoms with Gasteiger partial charge in [-0.3, -0.25) is 0 Å². The molecule has 6 rings (SSSR count). The van der Waals surface area contributed by atoms with E-state index in [2.05, 4.69) is 125 Å². The molecule has 4 aromatic carbocycles. The molecule has 0 spiro atoms. The summed E-state index contributed by atoms with van der Waals surface area (Å²) in [6.45, 7) is 9.30. The third-order valence-corrected chi connectivity index (χ3v) is 11.3. The van der Waals surface area contributed by atoms with Crippen molar-refractivity contribution in [1.82, 2.24) is 0 Å². The first-order valence-electron chi connectivity index (χ1n) is 18.2. The molecule has 46 heavy (non-hydrogen) atoms. The van der Waals surface area contributed by atoms with E-state index in [1.165, 1.54) is 95.9 Å². The molecule has 2 saturated carbocycles. The van der Waals surface area contributed by atoms with Crippen molar-refractivity contribution >= 4 is 0 Å². The largest absolute Gasteiger partial charge is 0.393 e. The third-order valence-electron chi connectivity index (χ3n) is 11.3. The number of hydrogen-bond donors (Lipinski definition) is 1. The van der Waals surface area contributed by atoms with E-state index in [0.29, 0.717) is 0 Å². The van der Waals surface area contributed by atoms with Crippen LogP contribution in [0.1, 0.15) is 124 Å². The van der Waals surface area contributed by atoms with Crippen molar-refractivity contribution in [3.63, 3.8) is 0 Å². The van der Waals surface area contributed by atoms with Gasteiger partial charge >= 0.3 is 0 Å². The summed E-state index contributed by atoms with van der Waals surface area (Å²) in [6, 6.07) is 36.8. The maximum absolute atomic E-state index is 10.8. The van der Waals surface area contributed by atoms with Gasteiger partial charge in [-0.15, -0.1) is 0 Å². The Labute approximate surface area is 279 Å². The lowest BCUT2D eigenvalue weighted by Crippen LogP contribution is -2.19. The number of benzene rings is 4. The minimum atomic E-state index is -0.288. The Morgan fingerprint density at radius 2 is 0.717 bits per heavy atom. The van der Waals surface area contributed by atoms with E-state index in [9.17, 15) is 5.11 Å². The highest BCUT2D eigenvalue weighted by molar-refractivity contribution is 5.41. The summed E-state index contributed by atoms with van der Waals surface area (Å²) in [6.07, 6.45) is 14.0. The van der Waals surface area contributed by atoms with E-state index in [-0.39, 0.29) is 16.9 Å². The van der Waals surface area contributed by atoms with Gasteiger partial charge in [0, 0.05) is 10.8 Å². The molecule has 2 fully saturated rings. The molecule has 0 aromatic heterocycles. The summed E-state index contributed by atoms with van der Waals surface area (Å²) in [5, 5.41) is 10.8. The van der Waals surface area contributed by atoms with Gasteiger partial charge in [0.1, 0.15) is 0 Å². The molecule has 242 valence electrons. The van der Waals surface area contributed by atoms with Crippen molar-refractivity contribution < 1.29 is 5.11 Å². The summed E-state index contributed by atoms with van der Waals surface area (Å²) >= 11 is 0. The highest BCUT2D eigenvalue weighted by Gasteiger charge is 2.25. The summed E-state index contributed by atoms with van der Waals surface area (Å²) in [7, 11) is 0. The van der Waals surface area contributed by atoms with E-state index < -0.39 is 0 Å². The Kier molecular flexibility index (Phi) is 10.2. The standard InChI is InChI=1S/C45H56O/c1-44(2,39-23-13-35(14-24-39)11-9-33-5-6-33)41-27-17-37(18-28-41)21-31-43(46)32-22-38-19-29-42(30-20-38)45(3,4)40-25-15-36(16-26-40)12-10-34-7-8-34/h13-20,23-30,33-34,43,46H,5-12,21-22,31-32H2,1-4H3. The molecule has 1 nitrogen and oxygen atoms in total. The fourth-order valence-corrected chi connectivity index (χ4v) is 7.05. The highest BCUT2D eigenvalue weighted by atomic mass is 16.3. The van der Waals surface area contributed by atoms with Crippen LogP contribution in [-0.2, 0) is 36.5 Å². The fraction of sp³-hybridized carbons (Fsp3) is 0.467. The zero-order valence-corrected chi connectivity index (χ0v) is 28.9. The maximum atomic E-state index is 10.8. The number of hydrogen-bond acceptors (Lipinski definition) is 1. The number of aliphatic hydroxyl groups excluding tert-OH is 1. The van der Waals surface area contributed by atoms with E-state index >= 15 is 0 Å². The topological polar surface area (TPSA) is 20.2 Å². The smallest absolute Gasteiger partial charge is 0.0546 e. The van der Waals surface area contributed by atoms with Crippen LogP contribution in [0.15, 0.2) is 97.1 Å². The van der Waals surface area contributed by atoms with Gasteiger partial charge in [-0.05, 0) is 108 Å². The lowest BCUT2D eigenvalue weighted by molar-refractivity contribution is 0.155. The van der Waals surface area contributed by atoms with Crippen LogP contribution in [0.2, 0.25) is 0 Å². The maximum Gasteiger partial charge on any atom is 0.0546 e. The molecule has 2 aliphatic carbocycles. The van der Waals surface area contributed by atoms with Crippen LogP contribution < -0.4 is 0 Å². The van der Waals surface area contributed by atoms with Crippen molar-refractivity contribution in [3.05, 3.63) is 142 Å². The third kappa shape index (κ3) is 8.60. The van der Waals surface area contributed by atoms with E-state index in [1.54, 1.807) is 0 Å². The van der Waals surface area contributed by atoms with Crippen LogP contribution in [0, 0.1) is 11.8 Å². The molecule has 0 amide bonds. The fourth-order valence-electron chi connectivity index (χ4n) is 7.05. The van der Waals surface area contributed by atoms with Crippen molar-refractivity contribution in [2.45, 2.75) is 122 Å². The number of aryl methyl sites for hydroxylation is 4. The van der Waals surface area contributed by atoms with Gasteiger partial charge in [-0.25, -0.2) is 0 Å². The van der Waals surface area contributed by atoms with Crippen molar-refractivity contribution in [1.29, 1.82) is 0 Å². The molecule has 0 bridgehead atoms. The van der Waals surface area contributed by atoms with Gasteiger partial charge in [0.15, 0.2) is 0 Å². The molecule has 0 unspecified atom stereocenters. The molecule has 0 heterocycles. The summed E-state index contributed by atoms with van der Waals surface area (Å²) in [4.78, 5) is 0. The van der Waals surface area contributed by atoms with Gasteiger partial charge < -0.3 is 5.11 Å². The molecule has 1 heteroatoms. The number of rotatable bonds is 16. The molecular formula is C45H56O. The number of aliphatic hydroxyl groups is 1. The molecule has 2 aliphatic rings. The van der Waals surface area contributed by atoms with Crippen LogP contribution in [0.4, 0.5) is 0 Å². The Balaban J connectivity index is 0.952. The second-order valence-corrected chi connectivity index (χ2v) is 15.7. The SMILES string of the molecule is CC(C)(c1ccc(CCC(O)CCc2ccc(C(C)(C)c3ccc(CCC4CC4)cc3)cc2)cc1)c1ccc(CCC2CC2)cc1. The first-order chi connectivity index (χ1) is 22.2. The van der Waals surface area contributed by atoms with Crippen molar-refractivity contribution in [3.8, 4) is 0 Å². The van der Waals surface area contributed by atoms with Gasteiger partial charge in [-0.2, -0.15) is 0 Å². The molecule has 0 aliphatic heterocycles. The lowest BCUT2D eigenvalue weighted by atomic mass is 9.77. The minimum Gasteiger partial charge on any atom is -0.393 e. The zero-order valence-electron chi connectivity index (χ0n) is 28.9. The van der Waals surface area contributed by atoms with E-state index in [4.69, 9.17) is 0 Å². The highest BCUT2D eigenvalue weighted by Crippen LogP contribution is 2.36. The Bertz CT molecular complexity index is 1400. The van der Waals surface area contributed by atoms with Gasteiger partial charge in [-0.1, -0.05) is 150 Å². The lowest BCUT2D eigenvalue weighted by Gasteiger charge is -2.27.